The van der Waals surface area contributed by atoms with Gasteiger partial charge < -0.3 is 4.37 Å². The Balaban J connectivity index is 0.000000360. The minimum absolute atomic E-state index is 0. The Morgan fingerprint density at radius 3 is 2.71 bits per heavy atom. The van der Waals surface area contributed by atoms with E-state index < -0.39 is 0 Å². The average Bonchev–Trinajstić information content (AvgIpc) is 1.86. The molecular formula is C4H4NReS-. The van der Waals surface area contributed by atoms with E-state index in [2.05, 4.69) is 9.75 Å². The van der Waals surface area contributed by atoms with Crippen LogP contribution in [0.5, 0.6) is 0 Å². The summed E-state index contributed by atoms with van der Waals surface area (Å²) in [6.45, 7) is 1.95. The van der Waals surface area contributed by atoms with Gasteiger partial charge in [-0.25, -0.2) is 6.07 Å². The van der Waals surface area contributed by atoms with E-state index in [-0.39, 0.29) is 20.4 Å². The second kappa shape index (κ2) is 3.31. The van der Waals surface area contributed by atoms with Gasteiger partial charge in [0.05, 0.1) is 0 Å². The minimum Gasteiger partial charge on any atom is -0.313 e. The molecule has 3 heteroatoms. The van der Waals surface area contributed by atoms with Crippen molar-refractivity contribution >= 4 is 11.5 Å². The Hall–Kier alpha value is 0.292. The number of hydrogen-bond acceptors (Lipinski definition) is 2. The first-order valence-electron chi connectivity index (χ1n) is 1.69. The molecule has 1 aromatic heterocycles. The van der Waals surface area contributed by atoms with Crippen LogP contribution in [0.3, 0.4) is 0 Å². The fourth-order valence-corrected chi connectivity index (χ4v) is 0.709. The summed E-state index contributed by atoms with van der Waals surface area (Å²) >= 11 is 1.36. The molecule has 1 nitrogen and oxygen atoms in total. The Kier molecular flexibility index (Phi) is 3.45. The number of rotatable bonds is 0. The molecule has 0 aliphatic carbocycles. The molecule has 1 radical (unpaired) electrons. The zero-order chi connectivity index (χ0) is 4.41. The van der Waals surface area contributed by atoms with Gasteiger partial charge in [-0.1, -0.05) is 6.92 Å². The molecule has 0 aromatic carbocycles. The molecule has 0 saturated heterocycles. The number of nitrogens with zero attached hydrogens (tertiary/aromatic N) is 1. The molecule has 0 unspecified atom stereocenters. The van der Waals surface area contributed by atoms with Crippen LogP contribution in [-0.4, -0.2) is 4.37 Å². The van der Waals surface area contributed by atoms with E-state index in [0.717, 1.165) is 5.69 Å². The second-order valence-corrected chi connectivity index (χ2v) is 1.69. The molecule has 0 amide bonds. The van der Waals surface area contributed by atoms with Crippen molar-refractivity contribution in [3.8, 4) is 0 Å². The van der Waals surface area contributed by atoms with Gasteiger partial charge in [-0.15, -0.1) is 5.69 Å². The van der Waals surface area contributed by atoms with Gasteiger partial charge in [-0.3, -0.25) is 0 Å². The van der Waals surface area contributed by atoms with E-state index >= 15 is 0 Å². The van der Waals surface area contributed by atoms with Crippen molar-refractivity contribution in [2.75, 3.05) is 0 Å². The van der Waals surface area contributed by atoms with Crippen molar-refractivity contribution in [3.05, 3.63) is 17.1 Å². The van der Waals surface area contributed by atoms with E-state index in [1.807, 2.05) is 13.0 Å². The first kappa shape index (κ1) is 7.29. The Labute approximate surface area is 60.6 Å². The van der Waals surface area contributed by atoms with Crippen molar-refractivity contribution in [1.29, 1.82) is 0 Å². The van der Waals surface area contributed by atoms with E-state index in [1.165, 1.54) is 11.5 Å². The summed E-state index contributed by atoms with van der Waals surface area (Å²) in [4.78, 5) is 0. The monoisotopic (exact) mass is 285 g/mol. The van der Waals surface area contributed by atoms with Gasteiger partial charge in [0.1, 0.15) is 0 Å². The molecule has 0 aliphatic heterocycles. The van der Waals surface area contributed by atoms with Gasteiger partial charge in [0.25, 0.3) is 0 Å². The van der Waals surface area contributed by atoms with Crippen LogP contribution in [0.1, 0.15) is 5.69 Å². The van der Waals surface area contributed by atoms with Crippen LogP contribution in [-0.2, 0) is 20.4 Å². The number of hydrogen-bond donors (Lipinski definition) is 0. The molecule has 0 N–H and O–H groups in total. The summed E-state index contributed by atoms with van der Waals surface area (Å²) in [5, 5.41) is 2.86. The Morgan fingerprint density at radius 2 is 2.57 bits per heavy atom. The molecule has 0 bridgehead atoms. The first-order chi connectivity index (χ1) is 2.89. The largest absolute Gasteiger partial charge is 0.313 e. The van der Waals surface area contributed by atoms with Crippen molar-refractivity contribution in [1.82, 2.24) is 4.37 Å². The molecular weight excluding hydrogens is 280 g/mol. The maximum atomic E-state index is 3.90. The zero-order valence-electron chi connectivity index (χ0n) is 3.81. The fourth-order valence-electron chi connectivity index (χ4n) is 0.236. The molecule has 39 valence electrons. The van der Waals surface area contributed by atoms with E-state index in [4.69, 9.17) is 0 Å². The van der Waals surface area contributed by atoms with Gasteiger partial charge in [-0.05, 0) is 0 Å². The molecule has 1 heterocycles. The summed E-state index contributed by atoms with van der Waals surface area (Å²) in [5.74, 6) is 0. The zero-order valence-corrected chi connectivity index (χ0v) is 7.34. The smallest absolute Gasteiger partial charge is 0 e. The van der Waals surface area contributed by atoms with Crippen LogP contribution < -0.4 is 0 Å². The van der Waals surface area contributed by atoms with Crippen molar-refractivity contribution in [3.63, 3.8) is 0 Å². The third-order valence-corrected chi connectivity index (χ3v) is 1.11. The van der Waals surface area contributed by atoms with Crippen molar-refractivity contribution < 1.29 is 20.4 Å². The predicted octanol–water partition coefficient (Wildman–Crippen LogP) is 1.25. The average molecular weight is 284 g/mol. The van der Waals surface area contributed by atoms with Gasteiger partial charge in [0.15, 0.2) is 0 Å². The molecule has 1 aromatic rings. The van der Waals surface area contributed by atoms with E-state index in [9.17, 15) is 0 Å². The third kappa shape index (κ3) is 2.18. The van der Waals surface area contributed by atoms with Crippen LogP contribution in [0.2, 0.25) is 0 Å². The van der Waals surface area contributed by atoms with Crippen LogP contribution in [0.15, 0.2) is 6.07 Å². The standard InChI is InChI=1S/C4H4NS.Re/c1-4-2-3-6-5-4;/h2H,1H3;/q-1;. The number of aromatic nitrogens is 1. The van der Waals surface area contributed by atoms with E-state index in [0.29, 0.717) is 0 Å². The molecule has 1 rings (SSSR count). The quantitative estimate of drug-likeness (QED) is 0.654. The van der Waals surface area contributed by atoms with Gasteiger partial charge >= 0.3 is 0 Å². The molecule has 0 spiro atoms. The predicted molar refractivity (Wildman–Crippen MR) is 25.7 cm³/mol. The molecule has 0 atom stereocenters. The van der Waals surface area contributed by atoms with E-state index in [1.54, 1.807) is 0 Å². The molecule has 0 fully saturated rings. The maximum Gasteiger partial charge on any atom is 0 e. The molecule has 7 heavy (non-hydrogen) atoms. The Bertz CT molecular complexity index is 115. The molecule has 0 saturated carbocycles. The van der Waals surface area contributed by atoms with Crippen LogP contribution in [0.4, 0.5) is 0 Å². The molecule has 0 aliphatic rings. The summed E-state index contributed by atoms with van der Waals surface area (Å²) < 4.78 is 3.90. The minimum atomic E-state index is 0. The summed E-state index contributed by atoms with van der Waals surface area (Å²) in [7, 11) is 0. The summed E-state index contributed by atoms with van der Waals surface area (Å²) in [6, 6.07) is 1.87. The number of aryl methyl sites for hydroxylation is 1. The normalized spacial score (nSPS) is 7.57. The SMILES string of the molecule is Cc1c[c-]sn1.[Re]. The summed E-state index contributed by atoms with van der Waals surface area (Å²) in [6.07, 6.45) is 0. The maximum absolute atomic E-state index is 3.90. The van der Waals surface area contributed by atoms with Crippen molar-refractivity contribution in [2.24, 2.45) is 0 Å². The van der Waals surface area contributed by atoms with Gasteiger partial charge in [0.2, 0.25) is 0 Å². The summed E-state index contributed by atoms with van der Waals surface area (Å²) in [5.41, 5.74) is 1.06. The Morgan fingerprint density at radius 1 is 1.86 bits per heavy atom. The van der Waals surface area contributed by atoms with Crippen LogP contribution in [0.25, 0.3) is 0 Å². The van der Waals surface area contributed by atoms with Gasteiger partial charge in [0, 0.05) is 20.4 Å². The van der Waals surface area contributed by atoms with Crippen LogP contribution in [0, 0.1) is 12.3 Å². The topological polar surface area (TPSA) is 12.9 Å². The van der Waals surface area contributed by atoms with Gasteiger partial charge in [-0.2, -0.15) is 16.9 Å². The third-order valence-electron chi connectivity index (χ3n) is 0.510. The van der Waals surface area contributed by atoms with Crippen molar-refractivity contribution in [2.45, 2.75) is 6.92 Å². The van der Waals surface area contributed by atoms with Crippen LogP contribution >= 0.6 is 11.5 Å². The fraction of sp³-hybridized carbons (Fsp3) is 0.250. The second-order valence-electron chi connectivity index (χ2n) is 1.09. The first-order valence-corrected chi connectivity index (χ1v) is 2.46.